The van der Waals surface area contributed by atoms with Gasteiger partial charge in [-0.15, -0.1) is 0 Å². The van der Waals surface area contributed by atoms with Crippen LogP contribution in [-0.4, -0.2) is 4.98 Å². The van der Waals surface area contributed by atoms with E-state index in [-0.39, 0.29) is 10.2 Å². The summed E-state index contributed by atoms with van der Waals surface area (Å²) in [6, 6.07) is 0. The Balaban J connectivity index is 3.27. The van der Waals surface area contributed by atoms with E-state index in [1.54, 1.807) is 0 Å². The van der Waals surface area contributed by atoms with Crippen LogP contribution in [0.2, 0.25) is 0 Å². The number of anilines is 1. The van der Waals surface area contributed by atoms with Crippen LogP contribution in [0.3, 0.4) is 0 Å². The molecule has 2 nitrogen and oxygen atoms in total. The summed E-state index contributed by atoms with van der Waals surface area (Å²) >= 11 is 2.86. The minimum absolute atomic E-state index is 0.171. The zero-order valence-corrected chi connectivity index (χ0v) is 7.28. The first kappa shape index (κ1) is 9.31. The van der Waals surface area contributed by atoms with Crippen LogP contribution in [0, 0.1) is 5.82 Å². The number of nitrogens with zero attached hydrogens (tertiary/aromatic N) is 1. The Morgan fingerprint density at radius 1 is 1.50 bits per heavy atom. The van der Waals surface area contributed by atoms with Crippen molar-refractivity contribution in [2.24, 2.45) is 0 Å². The van der Waals surface area contributed by atoms with E-state index in [2.05, 4.69) is 20.9 Å². The number of alkyl halides is 2. The van der Waals surface area contributed by atoms with Gasteiger partial charge in [0.25, 0.3) is 6.43 Å². The third-order valence-electron chi connectivity index (χ3n) is 1.24. The Labute approximate surface area is 74.7 Å². The van der Waals surface area contributed by atoms with Crippen LogP contribution < -0.4 is 5.73 Å². The molecule has 2 N–H and O–H groups in total. The number of hydrogen-bond donors (Lipinski definition) is 1. The Hall–Kier alpha value is -0.780. The monoisotopic (exact) mass is 240 g/mol. The van der Waals surface area contributed by atoms with Crippen molar-refractivity contribution < 1.29 is 13.2 Å². The van der Waals surface area contributed by atoms with Crippen molar-refractivity contribution in [2.45, 2.75) is 6.43 Å². The molecular weight excluding hydrogens is 237 g/mol. The molecule has 0 aliphatic rings. The summed E-state index contributed by atoms with van der Waals surface area (Å²) in [4.78, 5) is 3.19. The number of aromatic nitrogens is 1. The van der Waals surface area contributed by atoms with E-state index < -0.39 is 17.9 Å². The van der Waals surface area contributed by atoms with Crippen molar-refractivity contribution in [1.29, 1.82) is 0 Å². The van der Waals surface area contributed by atoms with Gasteiger partial charge in [0.2, 0.25) is 0 Å². The second-order valence-corrected chi connectivity index (χ2v) is 2.87. The molecule has 12 heavy (non-hydrogen) atoms. The standard InChI is InChI=1S/C6H4BrF3N2/c7-2-1-12-5(6(9)10)3(8)4(2)11/h1,6H,(H2,11,12). The van der Waals surface area contributed by atoms with Crippen molar-refractivity contribution in [3.8, 4) is 0 Å². The zero-order chi connectivity index (χ0) is 9.30. The highest BCUT2D eigenvalue weighted by Crippen LogP contribution is 2.28. The summed E-state index contributed by atoms with van der Waals surface area (Å²) < 4.78 is 36.9. The molecule has 0 aliphatic heterocycles. The molecule has 0 saturated heterocycles. The van der Waals surface area contributed by atoms with E-state index in [9.17, 15) is 13.2 Å². The lowest BCUT2D eigenvalue weighted by Crippen LogP contribution is -2.01. The molecule has 66 valence electrons. The van der Waals surface area contributed by atoms with Gasteiger partial charge in [-0.1, -0.05) is 0 Å². The van der Waals surface area contributed by atoms with E-state index in [1.807, 2.05) is 0 Å². The van der Waals surface area contributed by atoms with Gasteiger partial charge in [-0.2, -0.15) is 0 Å². The maximum Gasteiger partial charge on any atom is 0.283 e. The molecule has 0 fully saturated rings. The molecule has 0 aliphatic carbocycles. The molecule has 0 unspecified atom stereocenters. The predicted octanol–water partition coefficient (Wildman–Crippen LogP) is 2.50. The fourth-order valence-corrected chi connectivity index (χ4v) is 0.924. The molecule has 1 aromatic rings. The Morgan fingerprint density at radius 2 is 2.08 bits per heavy atom. The Bertz CT molecular complexity index is 303. The highest BCUT2D eigenvalue weighted by atomic mass is 79.9. The third kappa shape index (κ3) is 1.52. The second-order valence-electron chi connectivity index (χ2n) is 2.02. The molecular formula is C6H4BrF3N2. The topological polar surface area (TPSA) is 38.9 Å². The Kier molecular flexibility index (Phi) is 2.56. The highest BCUT2D eigenvalue weighted by molar-refractivity contribution is 9.10. The SMILES string of the molecule is Nc1c(Br)cnc(C(F)F)c1F. The third-order valence-corrected chi connectivity index (χ3v) is 1.87. The lowest BCUT2D eigenvalue weighted by Gasteiger charge is -2.04. The molecule has 0 spiro atoms. The maximum absolute atomic E-state index is 12.8. The molecule has 0 aromatic carbocycles. The molecule has 0 radical (unpaired) electrons. The molecule has 0 atom stereocenters. The van der Waals surface area contributed by atoms with Crippen LogP contribution in [0.4, 0.5) is 18.9 Å². The number of pyridine rings is 1. The normalized spacial score (nSPS) is 10.8. The molecule has 1 rings (SSSR count). The first-order valence-electron chi connectivity index (χ1n) is 2.91. The Morgan fingerprint density at radius 3 is 2.58 bits per heavy atom. The van der Waals surface area contributed by atoms with E-state index >= 15 is 0 Å². The van der Waals surface area contributed by atoms with Crippen molar-refractivity contribution in [3.05, 3.63) is 22.2 Å². The van der Waals surface area contributed by atoms with Gasteiger partial charge in [-0.3, -0.25) is 4.98 Å². The summed E-state index contributed by atoms with van der Waals surface area (Å²) in [6.07, 6.45) is -1.90. The predicted molar refractivity (Wildman–Crippen MR) is 41.3 cm³/mol. The summed E-state index contributed by atoms with van der Waals surface area (Å²) in [5.74, 6) is -1.17. The summed E-state index contributed by atoms with van der Waals surface area (Å²) in [5, 5.41) is 0. The van der Waals surface area contributed by atoms with E-state index in [1.165, 1.54) is 0 Å². The van der Waals surface area contributed by atoms with Crippen molar-refractivity contribution in [1.82, 2.24) is 4.98 Å². The van der Waals surface area contributed by atoms with Crippen LogP contribution >= 0.6 is 15.9 Å². The zero-order valence-electron chi connectivity index (χ0n) is 5.69. The van der Waals surface area contributed by atoms with Gasteiger partial charge in [-0.05, 0) is 15.9 Å². The van der Waals surface area contributed by atoms with Gasteiger partial charge in [-0.25, -0.2) is 13.2 Å². The number of hydrogen-bond acceptors (Lipinski definition) is 2. The molecule has 0 amide bonds. The van der Waals surface area contributed by atoms with Crippen LogP contribution in [0.15, 0.2) is 10.7 Å². The number of nitrogen functional groups attached to an aromatic ring is 1. The summed E-state index contributed by atoms with van der Waals surface area (Å²) in [5.41, 5.74) is 3.86. The van der Waals surface area contributed by atoms with E-state index in [0.717, 1.165) is 6.20 Å². The summed E-state index contributed by atoms with van der Waals surface area (Å²) in [6.45, 7) is 0. The van der Waals surface area contributed by atoms with Crippen molar-refractivity contribution in [3.63, 3.8) is 0 Å². The molecule has 6 heteroatoms. The van der Waals surface area contributed by atoms with E-state index in [0.29, 0.717) is 0 Å². The van der Waals surface area contributed by atoms with Crippen molar-refractivity contribution >= 4 is 21.6 Å². The van der Waals surface area contributed by atoms with Crippen LogP contribution in [0.25, 0.3) is 0 Å². The average Bonchev–Trinajstić information content (AvgIpc) is 2.00. The number of nitrogens with two attached hydrogens (primary N) is 1. The van der Waals surface area contributed by atoms with Crippen LogP contribution in [-0.2, 0) is 0 Å². The van der Waals surface area contributed by atoms with Gasteiger partial charge in [0.1, 0.15) is 5.69 Å². The van der Waals surface area contributed by atoms with Gasteiger partial charge in [0.15, 0.2) is 5.82 Å². The van der Waals surface area contributed by atoms with Crippen LogP contribution in [0.1, 0.15) is 12.1 Å². The maximum atomic E-state index is 12.8. The second kappa shape index (κ2) is 3.30. The largest absolute Gasteiger partial charge is 0.395 e. The van der Waals surface area contributed by atoms with Crippen LogP contribution in [0.5, 0.6) is 0 Å². The van der Waals surface area contributed by atoms with Gasteiger partial charge >= 0.3 is 0 Å². The summed E-state index contributed by atoms with van der Waals surface area (Å²) in [7, 11) is 0. The van der Waals surface area contributed by atoms with Gasteiger partial charge in [0.05, 0.1) is 10.2 Å². The fourth-order valence-electron chi connectivity index (χ4n) is 0.647. The average molecular weight is 241 g/mol. The molecule has 0 saturated carbocycles. The van der Waals surface area contributed by atoms with E-state index in [4.69, 9.17) is 5.73 Å². The number of halogens is 4. The lowest BCUT2D eigenvalue weighted by atomic mass is 10.3. The molecule has 0 bridgehead atoms. The first-order valence-corrected chi connectivity index (χ1v) is 3.71. The minimum Gasteiger partial charge on any atom is -0.395 e. The molecule has 1 aromatic heterocycles. The fraction of sp³-hybridized carbons (Fsp3) is 0.167. The molecule has 1 heterocycles. The first-order chi connectivity index (χ1) is 5.54. The highest BCUT2D eigenvalue weighted by Gasteiger charge is 2.18. The van der Waals surface area contributed by atoms with Gasteiger partial charge in [0, 0.05) is 6.20 Å². The lowest BCUT2D eigenvalue weighted by molar-refractivity contribution is 0.140. The number of rotatable bonds is 1. The quantitative estimate of drug-likeness (QED) is 0.820. The van der Waals surface area contributed by atoms with Crippen molar-refractivity contribution in [2.75, 3.05) is 5.73 Å². The smallest absolute Gasteiger partial charge is 0.283 e. The van der Waals surface area contributed by atoms with Gasteiger partial charge < -0.3 is 5.73 Å². The minimum atomic E-state index is -2.94.